The highest BCUT2D eigenvalue weighted by Crippen LogP contribution is 2.46. The van der Waals surface area contributed by atoms with Crippen molar-refractivity contribution in [2.75, 3.05) is 4.90 Å². The zero-order valence-corrected chi connectivity index (χ0v) is 35.0. The summed E-state index contributed by atoms with van der Waals surface area (Å²) in [4.78, 5) is 2.44. The van der Waals surface area contributed by atoms with Crippen molar-refractivity contribution in [2.24, 2.45) is 0 Å². The molecule has 10 aromatic carbocycles. The van der Waals surface area contributed by atoms with Gasteiger partial charge in [-0.2, -0.15) is 0 Å². The van der Waals surface area contributed by atoms with Crippen LogP contribution in [-0.4, -0.2) is 0 Å². The van der Waals surface area contributed by atoms with E-state index in [-0.39, 0.29) is 5.92 Å². The smallest absolute Gasteiger partial charge is 0.0546 e. The molecule has 1 nitrogen and oxygen atoms in total. The summed E-state index contributed by atoms with van der Waals surface area (Å²) in [5.74, 6) is 0.280. The van der Waals surface area contributed by atoms with E-state index in [4.69, 9.17) is 0 Å². The van der Waals surface area contributed by atoms with Gasteiger partial charge in [-0.3, -0.25) is 0 Å². The van der Waals surface area contributed by atoms with Crippen LogP contribution in [0, 0.1) is 0 Å². The number of hydrogen-bond donors (Lipinski definition) is 0. The average Bonchev–Trinajstić information content (AvgIpc) is 3.37. The number of benzene rings is 10. The van der Waals surface area contributed by atoms with Crippen LogP contribution in [0.5, 0.6) is 0 Å². The van der Waals surface area contributed by atoms with Crippen LogP contribution in [-0.2, 0) is 0 Å². The van der Waals surface area contributed by atoms with Gasteiger partial charge in [0, 0.05) is 22.9 Å². The first-order valence-corrected chi connectivity index (χ1v) is 21.9. The molecule has 0 fully saturated rings. The second-order valence-electron chi connectivity index (χ2n) is 16.4. The Morgan fingerprint density at radius 3 is 1.52 bits per heavy atom. The molecule has 1 aliphatic carbocycles. The summed E-state index contributed by atoms with van der Waals surface area (Å²) >= 11 is 0. The van der Waals surface area contributed by atoms with E-state index in [9.17, 15) is 0 Å². The van der Waals surface area contributed by atoms with Crippen molar-refractivity contribution in [1.82, 2.24) is 0 Å². The molecule has 0 spiro atoms. The van der Waals surface area contributed by atoms with Crippen LogP contribution in [0.25, 0.3) is 60.9 Å². The lowest BCUT2D eigenvalue weighted by atomic mass is 9.77. The van der Waals surface area contributed by atoms with Crippen molar-refractivity contribution in [3.05, 3.63) is 277 Å². The summed E-state index contributed by atoms with van der Waals surface area (Å²) in [5, 5.41) is 2.50. The SMILES string of the molecule is C1=C(c2ccccc2)c2ccccc2C(c2ccc(-c3ccc(-c4ccccc4)cc3N(c3ccc(-c4ccccc4)cc3)c3ccc(-c4cccc5ccccc45)cc3)cc2)C1. The molecule has 1 heteroatoms. The zero-order chi connectivity index (χ0) is 42.0. The van der Waals surface area contributed by atoms with Crippen molar-refractivity contribution < 1.29 is 0 Å². The summed E-state index contributed by atoms with van der Waals surface area (Å²) < 4.78 is 0. The second-order valence-corrected chi connectivity index (χ2v) is 16.4. The fourth-order valence-electron chi connectivity index (χ4n) is 9.52. The monoisotopic (exact) mass is 803 g/mol. The van der Waals surface area contributed by atoms with Gasteiger partial charge in [-0.15, -0.1) is 0 Å². The van der Waals surface area contributed by atoms with Gasteiger partial charge in [0.2, 0.25) is 0 Å². The van der Waals surface area contributed by atoms with Gasteiger partial charge in [0.05, 0.1) is 5.69 Å². The first kappa shape index (κ1) is 38.0. The summed E-state index contributed by atoms with van der Waals surface area (Å²) in [6.07, 6.45) is 3.39. The second kappa shape index (κ2) is 16.8. The minimum atomic E-state index is 0.280. The van der Waals surface area contributed by atoms with E-state index in [0.717, 1.165) is 23.5 Å². The third-order valence-electron chi connectivity index (χ3n) is 12.7. The van der Waals surface area contributed by atoms with E-state index < -0.39 is 0 Å². The average molecular weight is 804 g/mol. The topological polar surface area (TPSA) is 3.24 Å². The summed E-state index contributed by atoms with van der Waals surface area (Å²) in [7, 11) is 0. The van der Waals surface area contributed by atoms with E-state index in [0.29, 0.717) is 0 Å². The summed E-state index contributed by atoms with van der Waals surface area (Å²) in [6, 6.07) is 90.8. The third kappa shape index (κ3) is 7.45. The summed E-state index contributed by atoms with van der Waals surface area (Å²) in [5.41, 5.74) is 19.5. The predicted octanol–water partition coefficient (Wildman–Crippen LogP) is 16.9. The molecule has 0 amide bonds. The van der Waals surface area contributed by atoms with Crippen LogP contribution in [0.3, 0.4) is 0 Å². The molecule has 0 bridgehead atoms. The number of anilines is 3. The minimum Gasteiger partial charge on any atom is -0.310 e. The van der Waals surface area contributed by atoms with E-state index in [2.05, 4.69) is 260 Å². The molecule has 0 N–H and O–H groups in total. The van der Waals surface area contributed by atoms with Crippen molar-refractivity contribution in [2.45, 2.75) is 12.3 Å². The number of fused-ring (bicyclic) bond motifs is 2. The first-order chi connectivity index (χ1) is 31.2. The Bertz CT molecular complexity index is 3200. The highest BCUT2D eigenvalue weighted by molar-refractivity contribution is 5.97. The number of hydrogen-bond acceptors (Lipinski definition) is 1. The molecule has 0 saturated carbocycles. The largest absolute Gasteiger partial charge is 0.310 e. The molecule has 11 rings (SSSR count). The molecule has 0 radical (unpaired) electrons. The standard InChI is InChI=1S/C62H45N/c1-4-15-44(16-5-1)46-31-36-53(37-32-46)63(54-38-33-50(34-39-54)56-26-14-22-48-21-10-11-23-55(48)56)62-43-52(45-17-6-2-7-18-45)35-40-59(62)51-29-27-49(28-30-51)58-42-41-57(47-19-8-3-9-20-47)60-24-12-13-25-61(58)60/h1-41,43,58H,42H2. The molecule has 10 aromatic rings. The minimum absolute atomic E-state index is 0.280. The number of allylic oxidation sites excluding steroid dienone is 1. The lowest BCUT2D eigenvalue weighted by molar-refractivity contribution is 0.815. The lowest BCUT2D eigenvalue weighted by Gasteiger charge is -2.29. The van der Waals surface area contributed by atoms with Crippen LogP contribution < -0.4 is 4.90 Å². The van der Waals surface area contributed by atoms with Crippen LogP contribution >= 0.6 is 0 Å². The molecule has 298 valence electrons. The van der Waals surface area contributed by atoms with E-state index in [1.54, 1.807) is 0 Å². The normalized spacial score (nSPS) is 13.3. The van der Waals surface area contributed by atoms with Crippen molar-refractivity contribution in [3.63, 3.8) is 0 Å². The van der Waals surface area contributed by atoms with Crippen LogP contribution in [0.4, 0.5) is 17.1 Å². The molecule has 1 atom stereocenters. The highest BCUT2D eigenvalue weighted by atomic mass is 15.1. The van der Waals surface area contributed by atoms with E-state index in [1.807, 2.05) is 0 Å². The highest BCUT2D eigenvalue weighted by Gasteiger charge is 2.24. The van der Waals surface area contributed by atoms with Gasteiger partial charge in [0.1, 0.15) is 0 Å². The van der Waals surface area contributed by atoms with Crippen molar-refractivity contribution in [3.8, 4) is 44.5 Å². The molecule has 0 aromatic heterocycles. The number of nitrogens with zero attached hydrogens (tertiary/aromatic N) is 1. The van der Waals surface area contributed by atoms with E-state index in [1.165, 1.54) is 83.1 Å². The van der Waals surface area contributed by atoms with Gasteiger partial charge >= 0.3 is 0 Å². The predicted molar refractivity (Wildman–Crippen MR) is 267 cm³/mol. The Labute approximate surface area is 370 Å². The van der Waals surface area contributed by atoms with Gasteiger partial charge in [0.25, 0.3) is 0 Å². The third-order valence-corrected chi connectivity index (χ3v) is 12.7. The van der Waals surface area contributed by atoms with Crippen molar-refractivity contribution in [1.29, 1.82) is 0 Å². The molecule has 0 saturated heterocycles. The van der Waals surface area contributed by atoms with Crippen molar-refractivity contribution >= 4 is 33.4 Å². The molecular formula is C62H45N. The van der Waals surface area contributed by atoms with Gasteiger partial charge in [-0.05, 0) is 114 Å². The maximum absolute atomic E-state index is 2.44. The first-order valence-electron chi connectivity index (χ1n) is 21.9. The zero-order valence-electron chi connectivity index (χ0n) is 35.0. The van der Waals surface area contributed by atoms with Gasteiger partial charge in [-0.25, -0.2) is 0 Å². The van der Waals surface area contributed by atoms with Gasteiger partial charge in [0.15, 0.2) is 0 Å². The van der Waals surface area contributed by atoms with E-state index >= 15 is 0 Å². The fourth-order valence-corrected chi connectivity index (χ4v) is 9.52. The quantitative estimate of drug-likeness (QED) is 0.140. The molecule has 1 unspecified atom stereocenters. The maximum atomic E-state index is 2.44. The Kier molecular flexibility index (Phi) is 10.1. The number of rotatable bonds is 9. The molecular weight excluding hydrogens is 759 g/mol. The Hall–Kier alpha value is -8.00. The Morgan fingerprint density at radius 2 is 0.825 bits per heavy atom. The van der Waals surface area contributed by atoms with Crippen LogP contribution in [0.1, 0.15) is 34.6 Å². The van der Waals surface area contributed by atoms with Crippen LogP contribution in [0.2, 0.25) is 0 Å². The Morgan fingerprint density at radius 1 is 0.333 bits per heavy atom. The maximum Gasteiger partial charge on any atom is 0.0546 e. The summed E-state index contributed by atoms with van der Waals surface area (Å²) in [6.45, 7) is 0. The molecule has 0 aliphatic heterocycles. The Balaban J connectivity index is 1.03. The lowest BCUT2D eigenvalue weighted by Crippen LogP contribution is -2.12. The fraction of sp³-hybridized carbons (Fsp3) is 0.0323. The molecule has 1 aliphatic rings. The molecule has 0 heterocycles. The van der Waals surface area contributed by atoms with Gasteiger partial charge in [-0.1, -0.05) is 224 Å². The molecule has 63 heavy (non-hydrogen) atoms. The van der Waals surface area contributed by atoms with Crippen LogP contribution in [0.15, 0.2) is 255 Å². The van der Waals surface area contributed by atoms with Gasteiger partial charge < -0.3 is 4.90 Å².